The molecule has 16 heavy (non-hydrogen) atoms. The zero-order valence-electron chi connectivity index (χ0n) is 9.77. The van der Waals surface area contributed by atoms with Crippen molar-refractivity contribution in [1.82, 2.24) is 9.97 Å². The highest BCUT2D eigenvalue weighted by Crippen LogP contribution is 2.20. The molecule has 0 atom stereocenters. The maximum atomic E-state index is 12.9. The van der Waals surface area contributed by atoms with Crippen molar-refractivity contribution in [2.45, 2.75) is 33.6 Å². The number of unbranched alkanes of at least 4 members (excludes halogenated alkanes) is 1. The third-order valence-corrected chi connectivity index (χ3v) is 2.43. The van der Waals surface area contributed by atoms with Crippen molar-refractivity contribution >= 4 is 22.6 Å². The Balaban J connectivity index is 0.000000280. The first-order valence-electron chi connectivity index (χ1n) is 5.39. The van der Waals surface area contributed by atoms with Gasteiger partial charge in [0.2, 0.25) is 0 Å². The van der Waals surface area contributed by atoms with Crippen LogP contribution in [-0.4, -0.2) is 9.97 Å². The molecule has 0 spiro atoms. The molecule has 1 aromatic heterocycles. The molecule has 0 fully saturated rings. The second kappa shape index (κ2) is 5.85. The van der Waals surface area contributed by atoms with Gasteiger partial charge in [-0.25, -0.2) is 9.37 Å². The van der Waals surface area contributed by atoms with Crippen LogP contribution in [0.25, 0.3) is 11.0 Å². The fourth-order valence-corrected chi connectivity index (χ4v) is 1.29. The maximum absolute atomic E-state index is 12.9. The summed E-state index contributed by atoms with van der Waals surface area (Å²) >= 11 is 5.57. The third kappa shape index (κ3) is 3.20. The first kappa shape index (κ1) is 13.0. The van der Waals surface area contributed by atoms with Gasteiger partial charge in [-0.05, 0) is 13.0 Å². The Morgan fingerprint density at radius 1 is 1.31 bits per heavy atom. The van der Waals surface area contributed by atoms with E-state index in [1.807, 2.05) is 6.92 Å². The lowest BCUT2D eigenvalue weighted by molar-refractivity contribution is 0.630. The molecule has 2 aromatic rings. The Morgan fingerprint density at radius 2 is 1.94 bits per heavy atom. The molecule has 0 aliphatic carbocycles. The molecule has 1 heterocycles. The second-order valence-corrected chi connectivity index (χ2v) is 4.01. The number of rotatable bonds is 1. The van der Waals surface area contributed by atoms with Crippen LogP contribution in [0.2, 0.25) is 5.02 Å². The number of hydrogen-bond donors (Lipinski definition) is 1. The van der Waals surface area contributed by atoms with E-state index >= 15 is 0 Å². The number of nitrogens with one attached hydrogen (secondary N) is 1. The van der Waals surface area contributed by atoms with Gasteiger partial charge in [-0.3, -0.25) is 0 Å². The molecule has 4 heteroatoms. The van der Waals surface area contributed by atoms with Gasteiger partial charge in [0.05, 0.1) is 16.1 Å². The van der Waals surface area contributed by atoms with E-state index in [0.717, 1.165) is 5.82 Å². The molecular weight excluding hydrogens is 227 g/mol. The van der Waals surface area contributed by atoms with Crippen LogP contribution >= 0.6 is 11.6 Å². The van der Waals surface area contributed by atoms with Crippen LogP contribution in [0.5, 0.6) is 0 Å². The molecule has 0 amide bonds. The van der Waals surface area contributed by atoms with Gasteiger partial charge in [0.25, 0.3) is 0 Å². The first-order chi connectivity index (χ1) is 7.58. The molecule has 1 N–H and O–H groups in total. The Morgan fingerprint density at radius 3 is 2.50 bits per heavy atom. The molecule has 1 aromatic carbocycles. The first-order valence-corrected chi connectivity index (χ1v) is 5.77. The van der Waals surface area contributed by atoms with Crippen LogP contribution in [0.4, 0.5) is 4.39 Å². The van der Waals surface area contributed by atoms with Crippen molar-refractivity contribution < 1.29 is 4.39 Å². The number of aromatic amines is 1. The number of imidazole rings is 1. The van der Waals surface area contributed by atoms with Crippen LogP contribution in [-0.2, 0) is 0 Å². The molecule has 0 saturated heterocycles. The van der Waals surface area contributed by atoms with Crippen molar-refractivity contribution in [1.29, 1.82) is 0 Å². The summed E-state index contributed by atoms with van der Waals surface area (Å²) < 4.78 is 12.9. The molecule has 0 aliphatic heterocycles. The van der Waals surface area contributed by atoms with Crippen molar-refractivity contribution in [3.63, 3.8) is 0 Å². The summed E-state index contributed by atoms with van der Waals surface area (Å²) in [6.07, 6.45) is 2.64. The van der Waals surface area contributed by atoms with E-state index in [2.05, 4.69) is 23.8 Å². The van der Waals surface area contributed by atoms with E-state index in [1.165, 1.54) is 25.0 Å². The lowest BCUT2D eigenvalue weighted by Crippen LogP contribution is -1.76. The molecule has 0 saturated carbocycles. The summed E-state index contributed by atoms with van der Waals surface area (Å²) in [4.78, 5) is 7.03. The zero-order valence-corrected chi connectivity index (χ0v) is 10.5. The topological polar surface area (TPSA) is 28.7 Å². The van der Waals surface area contributed by atoms with E-state index in [0.29, 0.717) is 11.0 Å². The van der Waals surface area contributed by atoms with Crippen molar-refractivity contribution in [3.8, 4) is 0 Å². The van der Waals surface area contributed by atoms with E-state index in [4.69, 9.17) is 11.6 Å². The molecule has 0 bridgehead atoms. The van der Waals surface area contributed by atoms with Gasteiger partial charge in [0.1, 0.15) is 11.6 Å². The van der Waals surface area contributed by atoms with E-state index in [-0.39, 0.29) is 5.02 Å². The quantitative estimate of drug-likeness (QED) is 0.785. The van der Waals surface area contributed by atoms with E-state index in [1.54, 1.807) is 0 Å². The summed E-state index contributed by atoms with van der Waals surface area (Å²) in [6.45, 7) is 6.17. The average Bonchev–Trinajstić information content (AvgIpc) is 2.59. The number of H-pyrrole nitrogens is 1. The summed E-state index contributed by atoms with van der Waals surface area (Å²) in [5, 5.41) is 0.106. The summed E-state index contributed by atoms with van der Waals surface area (Å²) in [7, 11) is 0. The number of benzene rings is 1. The molecule has 88 valence electrons. The van der Waals surface area contributed by atoms with Gasteiger partial charge in [-0.1, -0.05) is 38.3 Å². The molecule has 2 nitrogen and oxygen atoms in total. The average molecular weight is 243 g/mol. The second-order valence-electron chi connectivity index (χ2n) is 3.61. The number of halogens is 2. The molecule has 0 aliphatic rings. The lowest BCUT2D eigenvalue weighted by Gasteiger charge is -1.91. The third-order valence-electron chi connectivity index (χ3n) is 2.14. The Hall–Kier alpha value is -1.09. The minimum Gasteiger partial charge on any atom is -0.342 e. The van der Waals surface area contributed by atoms with Crippen molar-refractivity contribution in [3.05, 3.63) is 28.8 Å². The van der Waals surface area contributed by atoms with Gasteiger partial charge in [0, 0.05) is 6.07 Å². The van der Waals surface area contributed by atoms with Crippen molar-refractivity contribution in [2.24, 2.45) is 0 Å². The maximum Gasteiger partial charge on any atom is 0.144 e. The number of hydrogen-bond acceptors (Lipinski definition) is 1. The van der Waals surface area contributed by atoms with Crippen LogP contribution in [0, 0.1) is 12.7 Å². The Bertz CT molecular complexity index is 424. The summed E-state index contributed by atoms with van der Waals surface area (Å²) in [6, 6.07) is 2.85. The van der Waals surface area contributed by atoms with Crippen LogP contribution in [0.3, 0.4) is 0 Å². The molecule has 0 unspecified atom stereocenters. The van der Waals surface area contributed by atoms with E-state index in [9.17, 15) is 4.39 Å². The molecule has 0 radical (unpaired) electrons. The van der Waals surface area contributed by atoms with Gasteiger partial charge in [0.15, 0.2) is 0 Å². The predicted molar refractivity (Wildman–Crippen MR) is 66.4 cm³/mol. The SMILES string of the molecule is CCCC.Cc1nc2cc(Cl)c(F)cc2[nH]1. The van der Waals surface area contributed by atoms with Crippen molar-refractivity contribution in [2.75, 3.05) is 0 Å². The monoisotopic (exact) mass is 242 g/mol. The van der Waals surface area contributed by atoms with Crippen LogP contribution < -0.4 is 0 Å². The smallest absolute Gasteiger partial charge is 0.144 e. The largest absolute Gasteiger partial charge is 0.342 e. The lowest BCUT2D eigenvalue weighted by atomic mass is 10.3. The summed E-state index contributed by atoms with van der Waals surface area (Å²) in [5.41, 5.74) is 1.37. The molecular formula is C12H16ClFN2. The highest BCUT2D eigenvalue weighted by Gasteiger charge is 2.04. The normalized spacial score (nSPS) is 10.1. The number of aromatic nitrogens is 2. The van der Waals surface area contributed by atoms with E-state index < -0.39 is 5.82 Å². The van der Waals surface area contributed by atoms with Gasteiger partial charge in [-0.15, -0.1) is 0 Å². The number of fused-ring (bicyclic) bond motifs is 1. The minimum atomic E-state index is -0.423. The Kier molecular flexibility index (Phi) is 4.74. The molecule has 2 rings (SSSR count). The fourth-order valence-electron chi connectivity index (χ4n) is 1.13. The highest BCUT2D eigenvalue weighted by atomic mass is 35.5. The van der Waals surface area contributed by atoms with Gasteiger partial charge >= 0.3 is 0 Å². The summed E-state index contributed by atoms with van der Waals surface area (Å²) in [5.74, 6) is 0.333. The fraction of sp³-hybridized carbons (Fsp3) is 0.417. The van der Waals surface area contributed by atoms with Gasteiger partial charge < -0.3 is 4.98 Å². The minimum absolute atomic E-state index is 0.106. The number of nitrogens with zero attached hydrogens (tertiary/aromatic N) is 1. The van der Waals surface area contributed by atoms with Gasteiger partial charge in [-0.2, -0.15) is 0 Å². The number of aryl methyl sites for hydroxylation is 1. The van der Waals surface area contributed by atoms with Crippen LogP contribution in [0.15, 0.2) is 12.1 Å². The predicted octanol–water partition coefficient (Wildman–Crippen LogP) is 4.47. The highest BCUT2D eigenvalue weighted by molar-refractivity contribution is 6.31. The Labute approximate surface area is 99.8 Å². The zero-order chi connectivity index (χ0) is 12.1. The standard InChI is InChI=1S/C8H6ClFN2.C4H10/c1-4-11-7-2-5(9)6(10)3-8(7)12-4;1-3-4-2/h2-3H,1H3,(H,11,12);3-4H2,1-2H3. The van der Waals surface area contributed by atoms with Crippen LogP contribution in [0.1, 0.15) is 32.5 Å².